The second kappa shape index (κ2) is 6.79. The molecule has 21 heavy (non-hydrogen) atoms. The molecule has 0 aromatic heterocycles. The number of hydrogen-bond acceptors (Lipinski definition) is 4. The number of carbonyl (C=O) groups is 2. The lowest BCUT2D eigenvalue weighted by atomic mass is 9.74. The van der Waals surface area contributed by atoms with Crippen molar-refractivity contribution in [3.05, 3.63) is 12.2 Å². The van der Waals surface area contributed by atoms with Gasteiger partial charge in [-0.05, 0) is 32.6 Å². The van der Waals surface area contributed by atoms with E-state index < -0.39 is 23.7 Å². The fourth-order valence-electron chi connectivity index (χ4n) is 3.01. The number of aliphatic hydroxyl groups excluding tert-OH is 1. The summed E-state index contributed by atoms with van der Waals surface area (Å²) < 4.78 is 5.01. The Kier molecular flexibility index (Phi) is 5.27. The maximum atomic E-state index is 12.0. The van der Waals surface area contributed by atoms with Crippen molar-refractivity contribution in [2.45, 2.75) is 56.8 Å². The van der Waals surface area contributed by atoms with Crippen molar-refractivity contribution < 1.29 is 19.4 Å². The molecule has 0 spiro atoms. The van der Waals surface area contributed by atoms with Crippen LogP contribution in [0.15, 0.2) is 12.2 Å². The molecule has 0 aromatic carbocycles. The third-order valence-electron chi connectivity index (χ3n) is 4.31. The van der Waals surface area contributed by atoms with Crippen LogP contribution in [0.25, 0.3) is 0 Å². The molecule has 0 radical (unpaired) electrons. The van der Waals surface area contributed by atoms with Crippen LogP contribution in [0, 0.1) is 5.92 Å². The van der Waals surface area contributed by atoms with Crippen molar-refractivity contribution in [3.63, 3.8) is 0 Å². The zero-order valence-electron chi connectivity index (χ0n) is 12.2. The second-order valence-electron chi connectivity index (χ2n) is 5.73. The number of amides is 1. The van der Waals surface area contributed by atoms with Crippen LogP contribution in [-0.4, -0.2) is 40.6 Å². The van der Waals surface area contributed by atoms with Gasteiger partial charge in [0, 0.05) is 18.2 Å². The van der Waals surface area contributed by atoms with E-state index in [1.54, 1.807) is 6.92 Å². The van der Waals surface area contributed by atoms with E-state index >= 15 is 0 Å². The minimum Gasteiger partial charge on any atom is -0.457 e. The summed E-state index contributed by atoms with van der Waals surface area (Å²) in [6.07, 6.45) is 5.96. The Morgan fingerprint density at radius 1 is 1.67 bits per heavy atom. The lowest BCUT2D eigenvalue weighted by Crippen LogP contribution is -2.77. The van der Waals surface area contributed by atoms with Crippen LogP contribution in [0.2, 0.25) is 0 Å². The number of ether oxygens (including phenoxy) is 1. The minimum atomic E-state index is -1.32. The van der Waals surface area contributed by atoms with Crippen molar-refractivity contribution in [1.29, 1.82) is 0 Å². The van der Waals surface area contributed by atoms with Gasteiger partial charge < -0.3 is 15.2 Å². The number of halogens is 1. The summed E-state index contributed by atoms with van der Waals surface area (Å²) in [5.41, 5.74) is -1.32. The highest BCUT2D eigenvalue weighted by atomic mass is 35.5. The SMILES string of the molecule is C[C@H]1OC(=O)C1(NC(=O)CCCCl)[C@@H](O)[C@@H]1C=CCCC1. The van der Waals surface area contributed by atoms with E-state index in [1.807, 2.05) is 12.2 Å². The smallest absolute Gasteiger partial charge is 0.338 e. The molecule has 1 amide bonds. The van der Waals surface area contributed by atoms with Gasteiger partial charge in [0.25, 0.3) is 0 Å². The van der Waals surface area contributed by atoms with E-state index in [9.17, 15) is 14.7 Å². The normalized spacial score (nSPS) is 33.0. The Morgan fingerprint density at radius 3 is 2.95 bits per heavy atom. The van der Waals surface area contributed by atoms with Gasteiger partial charge in [0.1, 0.15) is 6.10 Å². The number of hydrogen-bond donors (Lipinski definition) is 2. The lowest BCUT2D eigenvalue weighted by molar-refractivity contribution is -0.209. The fraction of sp³-hybridized carbons (Fsp3) is 0.733. The highest BCUT2D eigenvalue weighted by molar-refractivity contribution is 6.17. The van der Waals surface area contributed by atoms with Crippen LogP contribution in [0.1, 0.15) is 39.0 Å². The number of esters is 1. The number of allylic oxidation sites excluding steroid dienone is 1. The number of cyclic esters (lactones) is 1. The Balaban J connectivity index is 2.13. The quantitative estimate of drug-likeness (QED) is 0.443. The van der Waals surface area contributed by atoms with E-state index in [0.717, 1.165) is 19.3 Å². The summed E-state index contributed by atoms with van der Waals surface area (Å²) >= 11 is 5.58. The van der Waals surface area contributed by atoms with E-state index in [-0.39, 0.29) is 18.2 Å². The Morgan fingerprint density at radius 2 is 2.43 bits per heavy atom. The van der Waals surface area contributed by atoms with Crippen LogP contribution in [0.3, 0.4) is 0 Å². The number of rotatable bonds is 6. The summed E-state index contributed by atoms with van der Waals surface area (Å²) in [4.78, 5) is 24.0. The number of carbonyl (C=O) groups excluding carboxylic acids is 2. The van der Waals surface area contributed by atoms with Gasteiger partial charge in [0.05, 0.1) is 6.10 Å². The Hall–Kier alpha value is -1.07. The highest BCUT2D eigenvalue weighted by Gasteiger charge is 2.63. The molecule has 1 saturated heterocycles. The third kappa shape index (κ3) is 3.09. The number of alkyl halides is 1. The molecule has 0 aromatic rings. The van der Waals surface area contributed by atoms with Crippen LogP contribution in [0.4, 0.5) is 0 Å². The molecule has 1 heterocycles. The predicted molar refractivity (Wildman–Crippen MR) is 78.9 cm³/mol. The molecule has 0 bridgehead atoms. The third-order valence-corrected chi connectivity index (χ3v) is 4.58. The van der Waals surface area contributed by atoms with Crippen molar-refractivity contribution in [3.8, 4) is 0 Å². The first-order valence-electron chi connectivity index (χ1n) is 7.45. The fourth-order valence-corrected chi connectivity index (χ4v) is 3.14. The first kappa shape index (κ1) is 16.3. The topological polar surface area (TPSA) is 75.6 Å². The molecule has 2 aliphatic rings. The van der Waals surface area contributed by atoms with Crippen LogP contribution < -0.4 is 5.32 Å². The van der Waals surface area contributed by atoms with Crippen molar-refractivity contribution in [2.24, 2.45) is 5.92 Å². The van der Waals surface area contributed by atoms with Gasteiger partial charge in [0.2, 0.25) is 11.4 Å². The number of nitrogens with one attached hydrogen (secondary N) is 1. The van der Waals surface area contributed by atoms with Crippen LogP contribution in [-0.2, 0) is 14.3 Å². The molecule has 0 saturated carbocycles. The molecule has 2 rings (SSSR count). The van der Waals surface area contributed by atoms with Crippen molar-refractivity contribution in [1.82, 2.24) is 5.32 Å². The van der Waals surface area contributed by atoms with Crippen molar-refractivity contribution in [2.75, 3.05) is 5.88 Å². The van der Waals surface area contributed by atoms with E-state index in [4.69, 9.17) is 16.3 Å². The molecule has 5 nitrogen and oxygen atoms in total. The standard InChI is InChI=1S/C15H22ClNO4/c1-10-15(14(20)21-10,17-12(18)8-5-9-16)13(19)11-6-3-2-4-7-11/h3,6,10-11,13,19H,2,4-5,7-9H2,1H3,(H,17,18)/t10-,11-,13+,15?/m1/s1. The molecule has 1 unspecified atom stereocenters. The molecular weight excluding hydrogens is 294 g/mol. The number of aliphatic hydroxyl groups is 1. The highest BCUT2D eigenvalue weighted by Crippen LogP contribution is 2.37. The second-order valence-corrected chi connectivity index (χ2v) is 6.10. The zero-order valence-corrected chi connectivity index (χ0v) is 12.9. The summed E-state index contributed by atoms with van der Waals surface area (Å²) in [7, 11) is 0. The van der Waals surface area contributed by atoms with Gasteiger partial charge in [-0.1, -0.05) is 12.2 Å². The molecular formula is C15H22ClNO4. The summed E-state index contributed by atoms with van der Waals surface area (Å²) in [6, 6.07) is 0. The van der Waals surface area contributed by atoms with Gasteiger partial charge in [-0.25, -0.2) is 4.79 Å². The minimum absolute atomic E-state index is 0.137. The molecule has 118 valence electrons. The maximum absolute atomic E-state index is 12.0. The van der Waals surface area contributed by atoms with Gasteiger partial charge in [-0.2, -0.15) is 0 Å². The maximum Gasteiger partial charge on any atom is 0.338 e. The van der Waals surface area contributed by atoms with Gasteiger partial charge in [0.15, 0.2) is 0 Å². The predicted octanol–water partition coefficient (Wildman–Crippen LogP) is 1.52. The largest absolute Gasteiger partial charge is 0.457 e. The first-order chi connectivity index (χ1) is 10.0. The molecule has 1 aliphatic heterocycles. The Labute approximate surface area is 129 Å². The first-order valence-corrected chi connectivity index (χ1v) is 7.98. The monoisotopic (exact) mass is 315 g/mol. The Bertz CT molecular complexity index is 439. The van der Waals surface area contributed by atoms with E-state index in [0.29, 0.717) is 12.3 Å². The molecule has 1 fully saturated rings. The molecule has 4 atom stereocenters. The van der Waals surface area contributed by atoms with Gasteiger partial charge in [-0.15, -0.1) is 11.6 Å². The molecule has 2 N–H and O–H groups in total. The van der Waals surface area contributed by atoms with Gasteiger partial charge >= 0.3 is 5.97 Å². The lowest BCUT2D eigenvalue weighted by Gasteiger charge is -2.49. The molecule has 1 aliphatic carbocycles. The van der Waals surface area contributed by atoms with Gasteiger partial charge in [-0.3, -0.25) is 4.79 Å². The average molecular weight is 316 g/mol. The van der Waals surface area contributed by atoms with Crippen LogP contribution in [0.5, 0.6) is 0 Å². The van der Waals surface area contributed by atoms with Crippen molar-refractivity contribution >= 4 is 23.5 Å². The molecule has 6 heteroatoms. The summed E-state index contributed by atoms with van der Waals surface area (Å²) in [6.45, 7) is 1.69. The average Bonchev–Trinajstić information content (AvgIpc) is 2.50. The summed E-state index contributed by atoms with van der Waals surface area (Å²) in [5.74, 6) is -0.588. The summed E-state index contributed by atoms with van der Waals surface area (Å²) in [5, 5.41) is 13.4. The van der Waals surface area contributed by atoms with Crippen LogP contribution >= 0.6 is 11.6 Å². The van der Waals surface area contributed by atoms with E-state index in [2.05, 4.69) is 5.32 Å². The van der Waals surface area contributed by atoms with E-state index in [1.165, 1.54) is 0 Å². The zero-order chi connectivity index (χ0) is 15.5.